The number of thiazole rings is 1. The Balaban J connectivity index is 1.20. The highest BCUT2D eigenvalue weighted by Gasteiger charge is 2.26. The number of aryl methyl sites for hydroxylation is 2. The molecule has 0 radical (unpaired) electrons. The van der Waals surface area contributed by atoms with Gasteiger partial charge >= 0.3 is 0 Å². The topological polar surface area (TPSA) is 60.2 Å². The Kier molecular flexibility index (Phi) is 5.96. The molecule has 0 bridgehead atoms. The molecule has 4 aromatic rings. The van der Waals surface area contributed by atoms with Crippen LogP contribution in [0.3, 0.4) is 0 Å². The Bertz CT molecular complexity index is 1260. The van der Waals surface area contributed by atoms with E-state index in [9.17, 15) is 4.79 Å². The summed E-state index contributed by atoms with van der Waals surface area (Å²) >= 11 is 1.47. The fourth-order valence-corrected chi connectivity index (χ4v) is 4.75. The summed E-state index contributed by atoms with van der Waals surface area (Å²) in [4.78, 5) is 19.5. The number of carbonyl (C=O) groups excluding carboxylic acids is 1. The third-order valence-electron chi connectivity index (χ3n) is 6.08. The Morgan fingerprint density at radius 1 is 1.06 bits per heavy atom. The summed E-state index contributed by atoms with van der Waals surface area (Å²) < 4.78 is 7.98. The third kappa shape index (κ3) is 4.68. The lowest BCUT2D eigenvalue weighted by Crippen LogP contribution is -2.41. The minimum Gasteiger partial charge on any atom is -0.490 e. The van der Waals surface area contributed by atoms with E-state index in [0.29, 0.717) is 18.8 Å². The van der Waals surface area contributed by atoms with E-state index in [0.717, 1.165) is 34.8 Å². The van der Waals surface area contributed by atoms with E-state index in [-0.39, 0.29) is 12.0 Å². The van der Waals surface area contributed by atoms with Gasteiger partial charge in [-0.05, 0) is 49.2 Å². The van der Waals surface area contributed by atoms with Crippen molar-refractivity contribution in [1.29, 1.82) is 0 Å². The molecular formula is C26H26N4O2S. The number of piperidine rings is 1. The Labute approximate surface area is 197 Å². The van der Waals surface area contributed by atoms with E-state index in [1.807, 2.05) is 57.6 Å². The van der Waals surface area contributed by atoms with Gasteiger partial charge in [-0.3, -0.25) is 4.79 Å². The molecular weight excluding hydrogens is 432 g/mol. The molecule has 3 heterocycles. The maximum absolute atomic E-state index is 13.0. The van der Waals surface area contributed by atoms with Crippen LogP contribution in [0, 0.1) is 13.8 Å². The first-order valence-corrected chi connectivity index (χ1v) is 12.0. The maximum atomic E-state index is 13.0. The van der Waals surface area contributed by atoms with E-state index in [1.54, 1.807) is 6.20 Å². The SMILES string of the molecule is Cc1ccc(OC2CCN(C(=O)c3csc(-c4cnn(-c5ccccc5)c4)n3)CC2)cc1C. The zero-order valence-electron chi connectivity index (χ0n) is 18.8. The third-order valence-corrected chi connectivity index (χ3v) is 6.98. The lowest BCUT2D eigenvalue weighted by molar-refractivity contribution is 0.0591. The number of benzene rings is 2. The summed E-state index contributed by atoms with van der Waals surface area (Å²) in [5, 5.41) is 7.08. The lowest BCUT2D eigenvalue weighted by atomic mass is 10.1. The molecule has 1 saturated heterocycles. The van der Waals surface area contributed by atoms with Gasteiger partial charge in [-0.15, -0.1) is 11.3 Å². The van der Waals surface area contributed by atoms with Crippen molar-refractivity contribution < 1.29 is 9.53 Å². The highest BCUT2D eigenvalue weighted by Crippen LogP contribution is 2.26. The number of para-hydroxylation sites is 1. The van der Waals surface area contributed by atoms with Crippen LogP contribution in [0.5, 0.6) is 5.75 Å². The summed E-state index contributed by atoms with van der Waals surface area (Å²) in [6.07, 6.45) is 5.50. The van der Waals surface area contributed by atoms with Gasteiger partial charge in [0.05, 0.1) is 11.9 Å². The molecule has 2 aromatic carbocycles. The van der Waals surface area contributed by atoms with E-state index in [2.05, 4.69) is 36.1 Å². The molecule has 5 rings (SSSR count). The quantitative estimate of drug-likeness (QED) is 0.407. The first-order chi connectivity index (χ1) is 16.1. The number of ether oxygens (including phenoxy) is 1. The number of likely N-dealkylation sites (tertiary alicyclic amines) is 1. The summed E-state index contributed by atoms with van der Waals surface area (Å²) in [5.74, 6) is 0.889. The fraction of sp³-hybridized carbons (Fsp3) is 0.269. The first-order valence-electron chi connectivity index (χ1n) is 11.2. The number of carbonyl (C=O) groups is 1. The van der Waals surface area contributed by atoms with Gasteiger partial charge in [-0.1, -0.05) is 24.3 Å². The maximum Gasteiger partial charge on any atom is 0.273 e. The molecule has 7 heteroatoms. The second-order valence-electron chi connectivity index (χ2n) is 8.40. The van der Waals surface area contributed by atoms with Crippen molar-refractivity contribution in [3.8, 4) is 22.0 Å². The number of nitrogens with zero attached hydrogens (tertiary/aromatic N) is 4. The molecule has 2 aromatic heterocycles. The first kappa shape index (κ1) is 21.4. The summed E-state index contributed by atoms with van der Waals surface area (Å²) in [6.45, 7) is 5.54. The summed E-state index contributed by atoms with van der Waals surface area (Å²) in [6, 6.07) is 16.1. The molecule has 1 aliphatic rings. The van der Waals surface area contributed by atoms with Gasteiger partial charge in [0.1, 0.15) is 22.6 Å². The van der Waals surface area contributed by atoms with Gasteiger partial charge in [0, 0.05) is 43.1 Å². The number of rotatable bonds is 5. The van der Waals surface area contributed by atoms with Crippen molar-refractivity contribution in [3.05, 3.63) is 83.1 Å². The molecule has 0 saturated carbocycles. The van der Waals surface area contributed by atoms with Gasteiger partial charge in [-0.2, -0.15) is 5.10 Å². The van der Waals surface area contributed by atoms with Gasteiger partial charge in [0.15, 0.2) is 0 Å². The van der Waals surface area contributed by atoms with Crippen LogP contribution in [0.25, 0.3) is 16.3 Å². The average molecular weight is 459 g/mol. The molecule has 0 spiro atoms. The van der Waals surface area contributed by atoms with Crippen molar-refractivity contribution in [3.63, 3.8) is 0 Å². The smallest absolute Gasteiger partial charge is 0.273 e. The second kappa shape index (κ2) is 9.19. The Morgan fingerprint density at radius 2 is 1.85 bits per heavy atom. The van der Waals surface area contributed by atoms with Crippen molar-refractivity contribution in [2.45, 2.75) is 32.8 Å². The number of amides is 1. The van der Waals surface area contributed by atoms with Crippen molar-refractivity contribution in [2.75, 3.05) is 13.1 Å². The zero-order valence-corrected chi connectivity index (χ0v) is 19.6. The van der Waals surface area contributed by atoms with Gasteiger partial charge in [0.2, 0.25) is 0 Å². The van der Waals surface area contributed by atoms with Crippen molar-refractivity contribution in [2.24, 2.45) is 0 Å². The summed E-state index contributed by atoms with van der Waals surface area (Å²) in [7, 11) is 0. The highest BCUT2D eigenvalue weighted by atomic mass is 32.1. The molecule has 0 aliphatic carbocycles. The predicted molar refractivity (Wildman–Crippen MR) is 130 cm³/mol. The molecule has 168 valence electrons. The van der Waals surface area contributed by atoms with Crippen LogP contribution in [0.2, 0.25) is 0 Å². The number of aromatic nitrogens is 3. The molecule has 33 heavy (non-hydrogen) atoms. The number of hydrogen-bond donors (Lipinski definition) is 0. The minimum atomic E-state index is -0.0161. The Morgan fingerprint density at radius 3 is 2.61 bits per heavy atom. The van der Waals surface area contributed by atoms with Crippen LogP contribution in [0.4, 0.5) is 0 Å². The molecule has 0 N–H and O–H groups in total. The Hall–Kier alpha value is -3.45. The van der Waals surface area contributed by atoms with Crippen LogP contribution >= 0.6 is 11.3 Å². The predicted octanol–water partition coefficient (Wildman–Crippen LogP) is 5.30. The second-order valence-corrected chi connectivity index (χ2v) is 9.26. The standard InChI is InChI=1S/C26H26N4O2S/c1-18-8-9-23(14-19(18)2)32-22-10-12-29(13-11-22)26(31)24-17-33-25(28-24)20-15-27-30(16-20)21-6-4-3-5-7-21/h3-9,14-17,22H,10-13H2,1-2H3. The molecule has 1 amide bonds. The largest absolute Gasteiger partial charge is 0.490 e. The van der Waals surface area contributed by atoms with Gasteiger partial charge in [0.25, 0.3) is 5.91 Å². The fourth-order valence-electron chi connectivity index (χ4n) is 3.98. The van der Waals surface area contributed by atoms with E-state index >= 15 is 0 Å². The van der Waals surface area contributed by atoms with Crippen LogP contribution in [0.1, 0.15) is 34.5 Å². The van der Waals surface area contributed by atoms with E-state index in [4.69, 9.17) is 4.74 Å². The lowest BCUT2D eigenvalue weighted by Gasteiger charge is -2.32. The van der Waals surface area contributed by atoms with Crippen LogP contribution in [-0.4, -0.2) is 44.8 Å². The van der Waals surface area contributed by atoms with E-state index in [1.165, 1.54) is 22.5 Å². The van der Waals surface area contributed by atoms with Crippen LogP contribution < -0.4 is 4.74 Å². The van der Waals surface area contributed by atoms with Crippen LogP contribution in [-0.2, 0) is 0 Å². The monoisotopic (exact) mass is 458 g/mol. The van der Waals surface area contributed by atoms with E-state index < -0.39 is 0 Å². The normalized spacial score (nSPS) is 14.4. The van der Waals surface area contributed by atoms with Crippen molar-refractivity contribution in [1.82, 2.24) is 19.7 Å². The van der Waals surface area contributed by atoms with Gasteiger partial charge < -0.3 is 9.64 Å². The van der Waals surface area contributed by atoms with Gasteiger partial charge in [-0.25, -0.2) is 9.67 Å². The summed E-state index contributed by atoms with van der Waals surface area (Å²) in [5.41, 5.74) is 4.88. The molecule has 1 aliphatic heterocycles. The van der Waals surface area contributed by atoms with Crippen molar-refractivity contribution >= 4 is 17.2 Å². The average Bonchev–Trinajstić information content (AvgIpc) is 3.52. The number of hydrogen-bond acceptors (Lipinski definition) is 5. The molecule has 0 atom stereocenters. The minimum absolute atomic E-state index is 0.0161. The molecule has 6 nitrogen and oxygen atoms in total. The molecule has 0 unspecified atom stereocenters. The molecule has 1 fully saturated rings. The highest BCUT2D eigenvalue weighted by molar-refractivity contribution is 7.13. The van der Waals surface area contributed by atoms with Crippen LogP contribution in [0.15, 0.2) is 66.3 Å². The zero-order chi connectivity index (χ0) is 22.8.